The molecule has 0 spiro atoms. The van der Waals surface area contributed by atoms with Gasteiger partial charge in [-0.05, 0) is 56.0 Å². The molecule has 2 aromatic rings. The van der Waals surface area contributed by atoms with Crippen molar-refractivity contribution in [2.75, 3.05) is 30.4 Å². The summed E-state index contributed by atoms with van der Waals surface area (Å²) in [6, 6.07) is 8.20. The van der Waals surface area contributed by atoms with Crippen LogP contribution < -0.4 is 10.2 Å². The topological polar surface area (TPSA) is 84.4 Å². The smallest absolute Gasteiger partial charge is 0.337 e. The number of amides is 1. The number of rotatable bonds is 4. The molecule has 7 heteroatoms. The number of nitrogens with one attached hydrogen (secondary N) is 1. The first-order chi connectivity index (χ1) is 13.0. The zero-order valence-corrected chi connectivity index (χ0v) is 15.9. The number of hydrogen-bond acceptors (Lipinski definition) is 6. The van der Waals surface area contributed by atoms with Crippen molar-refractivity contribution in [1.29, 1.82) is 0 Å². The zero-order valence-electron chi connectivity index (χ0n) is 15.9. The molecule has 1 fully saturated rings. The van der Waals surface area contributed by atoms with Crippen LogP contribution in [0.4, 0.5) is 11.6 Å². The molecule has 1 unspecified atom stereocenters. The molecular formula is C20H24N4O3. The Labute approximate surface area is 158 Å². The standard InChI is InChI=1S/C20H24N4O3/c1-13-5-4-10-24(12-13)20-21-14(2)11-17(23-20)18(25)22-16-8-6-15(7-9-16)19(26)27-3/h6-9,11,13H,4-5,10,12H2,1-3H3,(H,22,25). The Morgan fingerprint density at radius 1 is 1.22 bits per heavy atom. The van der Waals surface area contributed by atoms with E-state index in [1.165, 1.54) is 13.5 Å². The summed E-state index contributed by atoms with van der Waals surface area (Å²) >= 11 is 0. The van der Waals surface area contributed by atoms with Crippen LogP contribution in [0.3, 0.4) is 0 Å². The summed E-state index contributed by atoms with van der Waals surface area (Å²) in [5, 5.41) is 2.81. The number of aromatic nitrogens is 2. The lowest BCUT2D eigenvalue weighted by molar-refractivity contribution is 0.0600. The van der Waals surface area contributed by atoms with E-state index in [0.717, 1.165) is 25.2 Å². The minimum Gasteiger partial charge on any atom is -0.465 e. The number of esters is 1. The number of piperidine rings is 1. The first-order valence-corrected chi connectivity index (χ1v) is 9.06. The van der Waals surface area contributed by atoms with Gasteiger partial charge in [0.2, 0.25) is 5.95 Å². The highest BCUT2D eigenvalue weighted by Crippen LogP contribution is 2.21. The van der Waals surface area contributed by atoms with Crippen LogP contribution >= 0.6 is 0 Å². The lowest BCUT2D eigenvalue weighted by Gasteiger charge is -2.31. The lowest BCUT2D eigenvalue weighted by Crippen LogP contribution is -2.36. The maximum Gasteiger partial charge on any atom is 0.337 e. The fourth-order valence-electron chi connectivity index (χ4n) is 3.18. The SMILES string of the molecule is COC(=O)c1ccc(NC(=O)c2cc(C)nc(N3CCCC(C)C3)n2)cc1. The van der Waals surface area contributed by atoms with Crippen LogP contribution in [-0.2, 0) is 4.74 Å². The molecule has 1 aromatic heterocycles. The van der Waals surface area contributed by atoms with E-state index in [9.17, 15) is 9.59 Å². The van der Waals surface area contributed by atoms with Crippen LogP contribution in [0.15, 0.2) is 30.3 Å². The average Bonchev–Trinajstić information content (AvgIpc) is 2.67. The Hall–Kier alpha value is -2.96. The maximum absolute atomic E-state index is 12.6. The zero-order chi connectivity index (χ0) is 19.4. The van der Waals surface area contributed by atoms with Crippen molar-refractivity contribution in [3.63, 3.8) is 0 Å². The van der Waals surface area contributed by atoms with E-state index in [2.05, 4.69) is 31.8 Å². The number of benzene rings is 1. The molecule has 2 heterocycles. The summed E-state index contributed by atoms with van der Waals surface area (Å²) in [4.78, 5) is 35.2. The molecule has 1 aromatic carbocycles. The van der Waals surface area contributed by atoms with Crippen LogP contribution in [-0.4, -0.2) is 42.0 Å². The number of carbonyl (C=O) groups excluding carboxylic acids is 2. The minimum absolute atomic E-state index is 0.308. The summed E-state index contributed by atoms with van der Waals surface area (Å²) < 4.78 is 4.67. The van der Waals surface area contributed by atoms with Crippen LogP contribution in [0.5, 0.6) is 0 Å². The van der Waals surface area contributed by atoms with Gasteiger partial charge in [-0.3, -0.25) is 4.79 Å². The highest BCUT2D eigenvalue weighted by atomic mass is 16.5. The Morgan fingerprint density at radius 3 is 2.63 bits per heavy atom. The molecule has 27 heavy (non-hydrogen) atoms. The largest absolute Gasteiger partial charge is 0.465 e. The maximum atomic E-state index is 12.6. The van der Waals surface area contributed by atoms with Crippen molar-refractivity contribution in [3.05, 3.63) is 47.3 Å². The van der Waals surface area contributed by atoms with E-state index in [1.54, 1.807) is 30.3 Å². The molecule has 1 aliphatic heterocycles. The highest BCUT2D eigenvalue weighted by Gasteiger charge is 2.20. The average molecular weight is 368 g/mol. The number of methoxy groups -OCH3 is 1. The van der Waals surface area contributed by atoms with Gasteiger partial charge >= 0.3 is 5.97 Å². The summed E-state index contributed by atoms with van der Waals surface area (Å²) in [6.45, 7) is 5.89. The van der Waals surface area contributed by atoms with Gasteiger partial charge in [0.25, 0.3) is 5.91 Å². The third-order valence-corrected chi connectivity index (χ3v) is 4.58. The molecule has 3 rings (SSSR count). The molecule has 1 atom stereocenters. The first-order valence-electron chi connectivity index (χ1n) is 9.06. The van der Waals surface area contributed by atoms with Gasteiger partial charge in [-0.2, -0.15) is 0 Å². The summed E-state index contributed by atoms with van der Waals surface area (Å²) in [5.41, 5.74) is 2.09. The van der Waals surface area contributed by atoms with Crippen molar-refractivity contribution in [2.45, 2.75) is 26.7 Å². The van der Waals surface area contributed by atoms with E-state index >= 15 is 0 Å². The highest BCUT2D eigenvalue weighted by molar-refractivity contribution is 6.03. The second kappa shape index (κ2) is 8.16. The molecule has 7 nitrogen and oxygen atoms in total. The van der Waals surface area contributed by atoms with Gasteiger partial charge in [0.05, 0.1) is 12.7 Å². The Balaban J connectivity index is 1.75. The van der Waals surface area contributed by atoms with Crippen molar-refractivity contribution < 1.29 is 14.3 Å². The molecule has 1 saturated heterocycles. The summed E-state index contributed by atoms with van der Waals surface area (Å²) in [7, 11) is 1.33. The fraction of sp³-hybridized carbons (Fsp3) is 0.400. The second-order valence-corrected chi connectivity index (χ2v) is 6.91. The Kier molecular flexibility index (Phi) is 5.69. The van der Waals surface area contributed by atoms with Crippen LogP contribution in [0.2, 0.25) is 0 Å². The van der Waals surface area contributed by atoms with Gasteiger partial charge in [0, 0.05) is 24.5 Å². The quantitative estimate of drug-likeness (QED) is 0.835. The summed E-state index contributed by atoms with van der Waals surface area (Å²) in [5.74, 6) is 0.471. The number of hydrogen-bond donors (Lipinski definition) is 1. The van der Waals surface area contributed by atoms with Gasteiger partial charge in [-0.15, -0.1) is 0 Å². The van der Waals surface area contributed by atoms with Crippen LogP contribution in [0.1, 0.15) is 46.3 Å². The van der Waals surface area contributed by atoms with Gasteiger partial charge in [0.1, 0.15) is 5.69 Å². The third kappa shape index (κ3) is 4.61. The number of ether oxygens (including phenoxy) is 1. The number of nitrogens with zero attached hydrogens (tertiary/aromatic N) is 3. The van der Waals surface area contributed by atoms with E-state index < -0.39 is 5.97 Å². The predicted octanol–water partition coefficient (Wildman–Crippen LogP) is 3.06. The number of aryl methyl sites for hydroxylation is 1. The second-order valence-electron chi connectivity index (χ2n) is 6.91. The number of anilines is 2. The molecule has 1 amide bonds. The first kappa shape index (κ1) is 18.8. The lowest BCUT2D eigenvalue weighted by atomic mass is 10.0. The normalized spacial score (nSPS) is 16.7. The molecule has 1 aliphatic rings. The molecule has 142 valence electrons. The molecule has 0 radical (unpaired) electrons. The molecule has 0 saturated carbocycles. The van der Waals surface area contributed by atoms with Gasteiger partial charge in [-0.1, -0.05) is 6.92 Å². The van der Waals surface area contributed by atoms with Gasteiger partial charge in [0.15, 0.2) is 0 Å². The Morgan fingerprint density at radius 2 is 1.96 bits per heavy atom. The third-order valence-electron chi connectivity index (χ3n) is 4.58. The van der Waals surface area contributed by atoms with E-state index in [4.69, 9.17) is 0 Å². The molecule has 0 aliphatic carbocycles. The molecular weight excluding hydrogens is 344 g/mol. The van der Waals surface area contributed by atoms with E-state index in [0.29, 0.717) is 28.8 Å². The minimum atomic E-state index is -0.417. The van der Waals surface area contributed by atoms with E-state index in [-0.39, 0.29) is 5.91 Å². The predicted molar refractivity (Wildman–Crippen MR) is 103 cm³/mol. The van der Waals surface area contributed by atoms with Gasteiger partial charge < -0.3 is 15.0 Å². The van der Waals surface area contributed by atoms with Crippen molar-refractivity contribution in [3.8, 4) is 0 Å². The Bertz CT molecular complexity index is 836. The van der Waals surface area contributed by atoms with E-state index in [1.807, 2.05) is 6.92 Å². The van der Waals surface area contributed by atoms with Gasteiger partial charge in [-0.25, -0.2) is 14.8 Å². The fourth-order valence-corrected chi connectivity index (χ4v) is 3.18. The molecule has 0 bridgehead atoms. The van der Waals surface area contributed by atoms with Crippen molar-refractivity contribution >= 4 is 23.5 Å². The van der Waals surface area contributed by atoms with Crippen molar-refractivity contribution in [1.82, 2.24) is 9.97 Å². The monoisotopic (exact) mass is 368 g/mol. The molecule has 1 N–H and O–H groups in total. The van der Waals surface area contributed by atoms with Crippen LogP contribution in [0.25, 0.3) is 0 Å². The van der Waals surface area contributed by atoms with Crippen molar-refractivity contribution in [2.24, 2.45) is 5.92 Å². The summed E-state index contributed by atoms with van der Waals surface area (Å²) in [6.07, 6.45) is 2.31. The number of carbonyl (C=O) groups is 2. The van der Waals surface area contributed by atoms with Crippen LogP contribution in [0, 0.1) is 12.8 Å².